The van der Waals surface area contributed by atoms with Gasteiger partial charge in [0.05, 0.1) is 0 Å². The standard InChI is InChI=1S/C16H17ClN2O/c1-11-5-3-8-15(12(11)2)19-16(20)18-10-13-6-4-7-14(17)9-13/h3-9H,10H2,1-2H3,(H2,18,19,20). The molecule has 0 aliphatic rings. The molecule has 104 valence electrons. The minimum atomic E-state index is -0.223. The fourth-order valence-electron chi connectivity index (χ4n) is 1.88. The van der Waals surface area contributed by atoms with Crippen LogP contribution < -0.4 is 10.6 Å². The number of anilines is 1. The molecule has 0 radical (unpaired) electrons. The molecule has 0 aromatic heterocycles. The van der Waals surface area contributed by atoms with E-state index in [0.29, 0.717) is 11.6 Å². The van der Waals surface area contributed by atoms with E-state index in [1.165, 1.54) is 0 Å². The first kappa shape index (κ1) is 14.4. The highest BCUT2D eigenvalue weighted by Crippen LogP contribution is 2.17. The van der Waals surface area contributed by atoms with Gasteiger partial charge in [0.15, 0.2) is 0 Å². The molecule has 0 atom stereocenters. The van der Waals surface area contributed by atoms with Crippen molar-refractivity contribution in [2.24, 2.45) is 0 Å². The van der Waals surface area contributed by atoms with Crippen molar-refractivity contribution in [2.75, 3.05) is 5.32 Å². The van der Waals surface area contributed by atoms with Gasteiger partial charge in [0.1, 0.15) is 0 Å². The SMILES string of the molecule is Cc1cccc(NC(=O)NCc2cccc(Cl)c2)c1C. The average Bonchev–Trinajstić information content (AvgIpc) is 2.42. The highest BCUT2D eigenvalue weighted by atomic mass is 35.5. The Bertz CT molecular complexity index is 626. The fraction of sp³-hybridized carbons (Fsp3) is 0.188. The third-order valence-electron chi connectivity index (χ3n) is 3.19. The van der Waals surface area contributed by atoms with Crippen LogP contribution >= 0.6 is 11.6 Å². The summed E-state index contributed by atoms with van der Waals surface area (Å²) in [6.45, 7) is 4.45. The number of urea groups is 1. The molecule has 0 saturated heterocycles. The molecule has 2 amide bonds. The van der Waals surface area contributed by atoms with Crippen molar-refractivity contribution in [1.82, 2.24) is 5.32 Å². The van der Waals surface area contributed by atoms with Crippen LogP contribution in [-0.2, 0) is 6.54 Å². The first-order valence-corrected chi connectivity index (χ1v) is 6.79. The number of aryl methyl sites for hydroxylation is 1. The lowest BCUT2D eigenvalue weighted by atomic mass is 10.1. The van der Waals surface area contributed by atoms with E-state index in [-0.39, 0.29) is 6.03 Å². The number of amides is 2. The molecule has 0 unspecified atom stereocenters. The van der Waals surface area contributed by atoms with Crippen molar-refractivity contribution < 1.29 is 4.79 Å². The molecule has 0 bridgehead atoms. The Labute approximate surface area is 124 Å². The number of rotatable bonds is 3. The maximum absolute atomic E-state index is 11.9. The van der Waals surface area contributed by atoms with Crippen molar-refractivity contribution in [2.45, 2.75) is 20.4 Å². The molecule has 2 aromatic rings. The van der Waals surface area contributed by atoms with E-state index in [1.807, 2.05) is 50.2 Å². The summed E-state index contributed by atoms with van der Waals surface area (Å²) < 4.78 is 0. The summed E-state index contributed by atoms with van der Waals surface area (Å²) >= 11 is 5.90. The fourth-order valence-corrected chi connectivity index (χ4v) is 2.10. The molecule has 2 rings (SSSR count). The van der Waals surface area contributed by atoms with Crippen LogP contribution in [0.4, 0.5) is 10.5 Å². The molecule has 0 aliphatic carbocycles. The zero-order chi connectivity index (χ0) is 14.5. The van der Waals surface area contributed by atoms with E-state index in [0.717, 1.165) is 22.4 Å². The molecule has 3 nitrogen and oxygen atoms in total. The molecule has 2 aromatic carbocycles. The largest absolute Gasteiger partial charge is 0.334 e. The van der Waals surface area contributed by atoms with Crippen LogP contribution in [0.15, 0.2) is 42.5 Å². The Hall–Kier alpha value is -2.00. The molecule has 2 N–H and O–H groups in total. The van der Waals surface area contributed by atoms with Crippen LogP contribution in [0, 0.1) is 13.8 Å². The molecular weight excluding hydrogens is 272 g/mol. The van der Waals surface area contributed by atoms with Crippen molar-refractivity contribution in [3.63, 3.8) is 0 Å². The smallest absolute Gasteiger partial charge is 0.319 e. The summed E-state index contributed by atoms with van der Waals surface area (Å²) in [6.07, 6.45) is 0. The first-order chi connectivity index (χ1) is 9.56. The topological polar surface area (TPSA) is 41.1 Å². The van der Waals surface area contributed by atoms with Gasteiger partial charge in [-0.15, -0.1) is 0 Å². The van der Waals surface area contributed by atoms with Crippen LogP contribution in [0.1, 0.15) is 16.7 Å². The Morgan fingerprint density at radius 2 is 1.90 bits per heavy atom. The number of halogens is 1. The first-order valence-electron chi connectivity index (χ1n) is 6.42. The molecular formula is C16H17ClN2O. The number of hydrogen-bond acceptors (Lipinski definition) is 1. The van der Waals surface area contributed by atoms with E-state index in [2.05, 4.69) is 10.6 Å². The van der Waals surface area contributed by atoms with Gasteiger partial charge in [-0.1, -0.05) is 35.9 Å². The third-order valence-corrected chi connectivity index (χ3v) is 3.43. The minimum absolute atomic E-state index is 0.223. The monoisotopic (exact) mass is 288 g/mol. The molecule has 4 heteroatoms. The lowest BCUT2D eigenvalue weighted by molar-refractivity contribution is 0.251. The zero-order valence-corrected chi connectivity index (χ0v) is 12.3. The molecule has 0 saturated carbocycles. The number of carbonyl (C=O) groups is 1. The predicted octanol–water partition coefficient (Wildman–Crippen LogP) is 4.28. The van der Waals surface area contributed by atoms with Crippen molar-refractivity contribution >= 4 is 23.3 Å². The van der Waals surface area contributed by atoms with Gasteiger partial charge in [0, 0.05) is 17.3 Å². The van der Waals surface area contributed by atoms with Gasteiger partial charge in [-0.25, -0.2) is 4.79 Å². The summed E-state index contributed by atoms with van der Waals surface area (Å²) in [6, 6.07) is 13.0. The number of benzene rings is 2. The lowest BCUT2D eigenvalue weighted by Crippen LogP contribution is -2.28. The van der Waals surface area contributed by atoms with Gasteiger partial charge in [-0.05, 0) is 48.7 Å². The van der Waals surface area contributed by atoms with Crippen molar-refractivity contribution in [1.29, 1.82) is 0 Å². The average molecular weight is 289 g/mol. The normalized spacial score (nSPS) is 10.2. The van der Waals surface area contributed by atoms with E-state index >= 15 is 0 Å². The summed E-state index contributed by atoms with van der Waals surface area (Å²) in [5.74, 6) is 0. The maximum atomic E-state index is 11.9. The molecule has 0 aliphatic heterocycles. The zero-order valence-electron chi connectivity index (χ0n) is 11.5. The number of nitrogens with one attached hydrogen (secondary N) is 2. The second kappa shape index (κ2) is 6.44. The van der Waals surface area contributed by atoms with E-state index in [1.54, 1.807) is 6.07 Å². The van der Waals surface area contributed by atoms with Gasteiger partial charge < -0.3 is 10.6 Å². The second-order valence-corrected chi connectivity index (χ2v) is 5.12. The van der Waals surface area contributed by atoms with Gasteiger partial charge >= 0.3 is 6.03 Å². The van der Waals surface area contributed by atoms with Gasteiger partial charge in [-0.2, -0.15) is 0 Å². The minimum Gasteiger partial charge on any atom is -0.334 e. The molecule has 20 heavy (non-hydrogen) atoms. The molecule has 0 heterocycles. The highest BCUT2D eigenvalue weighted by Gasteiger charge is 2.05. The Morgan fingerprint density at radius 1 is 1.15 bits per heavy atom. The van der Waals surface area contributed by atoms with Crippen LogP contribution in [0.2, 0.25) is 5.02 Å². The Kier molecular flexibility index (Phi) is 4.64. The van der Waals surface area contributed by atoms with E-state index in [4.69, 9.17) is 11.6 Å². The van der Waals surface area contributed by atoms with E-state index in [9.17, 15) is 4.79 Å². The van der Waals surface area contributed by atoms with Crippen LogP contribution in [0.5, 0.6) is 0 Å². The van der Waals surface area contributed by atoms with Crippen LogP contribution in [0.25, 0.3) is 0 Å². The van der Waals surface area contributed by atoms with Gasteiger partial charge in [-0.3, -0.25) is 0 Å². The van der Waals surface area contributed by atoms with Crippen molar-refractivity contribution in [3.05, 3.63) is 64.2 Å². The Morgan fingerprint density at radius 3 is 2.65 bits per heavy atom. The summed E-state index contributed by atoms with van der Waals surface area (Å²) in [5, 5.41) is 6.33. The van der Waals surface area contributed by atoms with Crippen LogP contribution in [-0.4, -0.2) is 6.03 Å². The van der Waals surface area contributed by atoms with Gasteiger partial charge in [0.25, 0.3) is 0 Å². The Balaban J connectivity index is 1.94. The lowest BCUT2D eigenvalue weighted by Gasteiger charge is -2.11. The predicted molar refractivity (Wildman–Crippen MR) is 83.2 cm³/mol. The summed E-state index contributed by atoms with van der Waals surface area (Å²) in [4.78, 5) is 11.9. The van der Waals surface area contributed by atoms with Crippen molar-refractivity contribution in [3.8, 4) is 0 Å². The molecule has 0 fully saturated rings. The molecule has 0 spiro atoms. The summed E-state index contributed by atoms with van der Waals surface area (Å²) in [7, 11) is 0. The quantitative estimate of drug-likeness (QED) is 0.869. The second-order valence-electron chi connectivity index (χ2n) is 4.69. The number of hydrogen-bond donors (Lipinski definition) is 2. The van der Waals surface area contributed by atoms with Crippen LogP contribution in [0.3, 0.4) is 0 Å². The summed E-state index contributed by atoms with van der Waals surface area (Å²) in [5.41, 5.74) is 4.02. The highest BCUT2D eigenvalue weighted by molar-refractivity contribution is 6.30. The van der Waals surface area contributed by atoms with E-state index < -0.39 is 0 Å². The number of carbonyl (C=O) groups excluding carboxylic acids is 1. The van der Waals surface area contributed by atoms with Gasteiger partial charge in [0.2, 0.25) is 0 Å². The third kappa shape index (κ3) is 3.75. The maximum Gasteiger partial charge on any atom is 0.319 e.